The minimum Gasteiger partial charge on any atom is -0.427 e. The lowest BCUT2D eigenvalue weighted by atomic mass is 10.2. The second-order valence-corrected chi connectivity index (χ2v) is 5.42. The summed E-state index contributed by atoms with van der Waals surface area (Å²) < 4.78 is 5.29. The van der Waals surface area contributed by atoms with Crippen LogP contribution in [0.2, 0.25) is 0 Å². The summed E-state index contributed by atoms with van der Waals surface area (Å²) in [7, 11) is 0. The molecule has 2 aromatic rings. The molecular formula is C20H20N2O2. The first kappa shape index (κ1) is 17.4. The molecule has 2 rings (SSSR count). The van der Waals surface area contributed by atoms with Crippen LogP contribution in [0, 0.1) is 11.3 Å². The highest BCUT2D eigenvalue weighted by Crippen LogP contribution is 2.15. The van der Waals surface area contributed by atoms with Crippen LogP contribution < -0.4 is 4.74 Å². The molecule has 0 fully saturated rings. The van der Waals surface area contributed by atoms with E-state index in [9.17, 15) is 4.79 Å². The largest absolute Gasteiger partial charge is 0.427 e. The van der Waals surface area contributed by atoms with Crippen LogP contribution in [0.4, 0.5) is 5.69 Å². The number of unbranched alkanes of at least 4 members (excludes halogenated alkanes) is 2. The highest BCUT2D eigenvalue weighted by molar-refractivity contribution is 5.82. The molecule has 0 unspecified atom stereocenters. The first-order chi connectivity index (χ1) is 11.7. The zero-order valence-corrected chi connectivity index (χ0v) is 13.7. The fourth-order valence-electron chi connectivity index (χ4n) is 2.09. The topological polar surface area (TPSA) is 62.4 Å². The van der Waals surface area contributed by atoms with E-state index in [4.69, 9.17) is 10.00 Å². The summed E-state index contributed by atoms with van der Waals surface area (Å²) >= 11 is 0. The Hall–Kier alpha value is -2.93. The van der Waals surface area contributed by atoms with Gasteiger partial charge in [0, 0.05) is 12.6 Å². The number of carbonyl (C=O) groups excluding carboxylic acids is 1. The number of aliphatic imine (C=N–C) groups is 1. The molecule has 24 heavy (non-hydrogen) atoms. The van der Waals surface area contributed by atoms with Crippen molar-refractivity contribution in [1.82, 2.24) is 0 Å². The number of ether oxygens (including phenoxy) is 1. The number of nitrogens with zero attached hydrogens (tertiary/aromatic N) is 2. The van der Waals surface area contributed by atoms with E-state index in [0.29, 0.717) is 17.7 Å². The molecule has 0 saturated carbocycles. The van der Waals surface area contributed by atoms with Gasteiger partial charge in [0.2, 0.25) is 0 Å². The third-order valence-electron chi connectivity index (χ3n) is 3.46. The highest BCUT2D eigenvalue weighted by Gasteiger charge is 2.04. The predicted octanol–water partition coefficient (Wildman–Crippen LogP) is 4.79. The number of benzene rings is 2. The molecule has 0 spiro atoms. The summed E-state index contributed by atoms with van der Waals surface area (Å²) in [5.74, 6) is 0.356. The Kier molecular flexibility index (Phi) is 6.73. The van der Waals surface area contributed by atoms with Crippen LogP contribution in [0.5, 0.6) is 5.75 Å². The molecule has 0 bridgehead atoms. The average molecular weight is 320 g/mol. The monoisotopic (exact) mass is 320 g/mol. The zero-order chi connectivity index (χ0) is 17.2. The third kappa shape index (κ3) is 5.69. The summed E-state index contributed by atoms with van der Waals surface area (Å²) in [4.78, 5) is 16.0. The standard InChI is InChI=1S/C20H20N2O2/c1-2-3-4-5-20(23)24-19-12-8-17(9-13-19)15-22-18-10-6-16(14-21)7-11-18/h6-13,15H,2-5H2,1H3. The second-order valence-electron chi connectivity index (χ2n) is 5.42. The van der Waals surface area contributed by atoms with E-state index in [2.05, 4.69) is 18.0 Å². The van der Waals surface area contributed by atoms with Gasteiger partial charge in [0.1, 0.15) is 5.75 Å². The quantitative estimate of drug-likeness (QED) is 0.319. The van der Waals surface area contributed by atoms with Crippen molar-refractivity contribution in [3.63, 3.8) is 0 Å². The Morgan fingerprint density at radius 1 is 1.12 bits per heavy atom. The van der Waals surface area contributed by atoms with Gasteiger partial charge in [0.25, 0.3) is 0 Å². The van der Waals surface area contributed by atoms with E-state index in [1.54, 1.807) is 42.6 Å². The summed E-state index contributed by atoms with van der Waals surface area (Å²) in [6.45, 7) is 2.10. The van der Waals surface area contributed by atoms with Crippen LogP contribution >= 0.6 is 0 Å². The maximum atomic E-state index is 11.7. The van der Waals surface area contributed by atoms with Crippen molar-refractivity contribution in [3.05, 3.63) is 59.7 Å². The number of rotatable bonds is 7. The number of carbonyl (C=O) groups is 1. The molecule has 0 aliphatic heterocycles. The number of esters is 1. The van der Waals surface area contributed by atoms with Gasteiger partial charge in [-0.2, -0.15) is 5.26 Å². The summed E-state index contributed by atoms with van der Waals surface area (Å²) in [5.41, 5.74) is 2.30. The Morgan fingerprint density at radius 2 is 1.83 bits per heavy atom. The smallest absolute Gasteiger partial charge is 0.311 e. The normalized spacial score (nSPS) is 10.5. The van der Waals surface area contributed by atoms with Crippen LogP contribution in [-0.2, 0) is 4.79 Å². The van der Waals surface area contributed by atoms with Gasteiger partial charge < -0.3 is 4.74 Å². The van der Waals surface area contributed by atoms with Gasteiger partial charge in [-0.05, 0) is 60.5 Å². The maximum Gasteiger partial charge on any atom is 0.311 e. The summed E-state index contributed by atoms with van der Waals surface area (Å²) in [5, 5.41) is 8.76. The van der Waals surface area contributed by atoms with E-state index in [-0.39, 0.29) is 5.97 Å². The second kappa shape index (κ2) is 9.26. The van der Waals surface area contributed by atoms with E-state index < -0.39 is 0 Å². The van der Waals surface area contributed by atoms with Crippen LogP contribution in [-0.4, -0.2) is 12.2 Å². The van der Waals surface area contributed by atoms with Crippen molar-refractivity contribution in [2.24, 2.45) is 4.99 Å². The van der Waals surface area contributed by atoms with Crippen molar-refractivity contribution < 1.29 is 9.53 Å². The van der Waals surface area contributed by atoms with E-state index in [0.717, 1.165) is 30.5 Å². The van der Waals surface area contributed by atoms with Gasteiger partial charge in [0.05, 0.1) is 17.3 Å². The maximum absolute atomic E-state index is 11.7. The lowest BCUT2D eigenvalue weighted by Crippen LogP contribution is -2.07. The molecule has 2 aromatic carbocycles. The van der Waals surface area contributed by atoms with Crippen molar-refractivity contribution in [3.8, 4) is 11.8 Å². The molecular weight excluding hydrogens is 300 g/mol. The highest BCUT2D eigenvalue weighted by atomic mass is 16.5. The van der Waals surface area contributed by atoms with E-state index in [1.165, 1.54) is 0 Å². The minimum atomic E-state index is -0.192. The van der Waals surface area contributed by atoms with Gasteiger partial charge in [-0.15, -0.1) is 0 Å². The van der Waals surface area contributed by atoms with Crippen LogP contribution in [0.3, 0.4) is 0 Å². The van der Waals surface area contributed by atoms with Gasteiger partial charge in [-0.1, -0.05) is 19.8 Å². The van der Waals surface area contributed by atoms with Crippen molar-refractivity contribution >= 4 is 17.9 Å². The SMILES string of the molecule is CCCCCC(=O)Oc1ccc(C=Nc2ccc(C#N)cc2)cc1. The van der Waals surface area contributed by atoms with Crippen molar-refractivity contribution in [2.75, 3.05) is 0 Å². The van der Waals surface area contributed by atoms with Crippen LogP contribution in [0.15, 0.2) is 53.5 Å². The predicted molar refractivity (Wildman–Crippen MR) is 94.6 cm³/mol. The Labute approximate surface area is 142 Å². The molecule has 4 heteroatoms. The molecule has 0 aliphatic carbocycles. The molecule has 0 atom stereocenters. The number of nitriles is 1. The number of hydrogen-bond acceptors (Lipinski definition) is 4. The summed E-state index contributed by atoms with van der Waals surface area (Å²) in [6, 6.07) is 16.3. The van der Waals surface area contributed by atoms with Crippen molar-refractivity contribution in [1.29, 1.82) is 5.26 Å². The fourth-order valence-corrected chi connectivity index (χ4v) is 2.09. The molecule has 0 aromatic heterocycles. The summed E-state index contributed by atoms with van der Waals surface area (Å²) in [6.07, 6.45) is 5.18. The molecule has 122 valence electrons. The lowest BCUT2D eigenvalue weighted by Gasteiger charge is -2.04. The fraction of sp³-hybridized carbons (Fsp3) is 0.250. The molecule has 4 nitrogen and oxygen atoms in total. The zero-order valence-electron chi connectivity index (χ0n) is 13.7. The first-order valence-corrected chi connectivity index (χ1v) is 8.06. The lowest BCUT2D eigenvalue weighted by molar-refractivity contribution is -0.134. The number of hydrogen-bond donors (Lipinski definition) is 0. The molecule has 0 heterocycles. The molecule has 0 saturated heterocycles. The average Bonchev–Trinajstić information content (AvgIpc) is 2.62. The first-order valence-electron chi connectivity index (χ1n) is 8.06. The van der Waals surface area contributed by atoms with Gasteiger partial charge in [0.15, 0.2) is 0 Å². The molecule has 0 N–H and O–H groups in total. The van der Waals surface area contributed by atoms with Gasteiger partial charge in [-0.25, -0.2) is 0 Å². The Bertz CT molecular complexity index is 726. The molecule has 0 radical (unpaired) electrons. The van der Waals surface area contributed by atoms with E-state index >= 15 is 0 Å². The Balaban J connectivity index is 1.90. The third-order valence-corrected chi connectivity index (χ3v) is 3.46. The molecule has 0 aliphatic rings. The van der Waals surface area contributed by atoms with Gasteiger partial charge >= 0.3 is 5.97 Å². The van der Waals surface area contributed by atoms with Crippen LogP contribution in [0.1, 0.15) is 43.7 Å². The molecule has 0 amide bonds. The minimum absolute atomic E-state index is 0.192. The van der Waals surface area contributed by atoms with Crippen molar-refractivity contribution in [2.45, 2.75) is 32.6 Å². The Morgan fingerprint density at radius 3 is 2.46 bits per heavy atom. The van der Waals surface area contributed by atoms with Crippen LogP contribution in [0.25, 0.3) is 0 Å². The van der Waals surface area contributed by atoms with E-state index in [1.807, 2.05) is 12.1 Å². The van der Waals surface area contributed by atoms with Gasteiger partial charge in [-0.3, -0.25) is 9.79 Å².